The molecule has 0 aliphatic carbocycles. The smallest absolute Gasteiger partial charge is 0.252 e. The highest BCUT2D eigenvalue weighted by atomic mass is 16.7. The van der Waals surface area contributed by atoms with E-state index in [0.717, 1.165) is 27.5 Å². The Balaban J connectivity index is 1.76. The van der Waals surface area contributed by atoms with Gasteiger partial charge in [0.15, 0.2) is 6.79 Å². The number of benzene rings is 4. The molecule has 0 heterocycles. The first kappa shape index (κ1) is 19.7. The minimum absolute atomic E-state index is 0.125. The molecule has 0 radical (unpaired) electrons. The Morgan fingerprint density at radius 1 is 0.833 bits per heavy atom. The van der Waals surface area contributed by atoms with Crippen LogP contribution in [0.2, 0.25) is 0 Å². The molecule has 0 saturated carbocycles. The van der Waals surface area contributed by atoms with Gasteiger partial charge >= 0.3 is 0 Å². The summed E-state index contributed by atoms with van der Waals surface area (Å²) < 4.78 is 11.0. The van der Waals surface area contributed by atoms with E-state index in [2.05, 4.69) is 11.4 Å². The van der Waals surface area contributed by atoms with Crippen molar-refractivity contribution in [1.29, 1.82) is 0 Å². The number of fused-ring (bicyclic) bond motifs is 1. The van der Waals surface area contributed by atoms with Gasteiger partial charge in [0.1, 0.15) is 5.75 Å². The molecule has 0 unspecified atom stereocenters. The van der Waals surface area contributed by atoms with Gasteiger partial charge in [0, 0.05) is 24.8 Å². The minimum atomic E-state index is -0.125. The lowest BCUT2D eigenvalue weighted by atomic mass is 9.93. The van der Waals surface area contributed by atoms with Crippen LogP contribution in [0.15, 0.2) is 91.0 Å². The maximum absolute atomic E-state index is 13.1. The number of ether oxygens (including phenoxy) is 2. The van der Waals surface area contributed by atoms with E-state index >= 15 is 0 Å². The third kappa shape index (κ3) is 4.19. The molecule has 0 aromatic heterocycles. The molecular weight excluding hydrogens is 374 g/mol. The van der Waals surface area contributed by atoms with Gasteiger partial charge < -0.3 is 14.8 Å². The Morgan fingerprint density at radius 3 is 2.40 bits per heavy atom. The summed E-state index contributed by atoms with van der Waals surface area (Å²) in [4.78, 5) is 13.1. The van der Waals surface area contributed by atoms with Crippen molar-refractivity contribution in [3.63, 3.8) is 0 Å². The summed E-state index contributed by atoms with van der Waals surface area (Å²) in [5, 5.41) is 5.13. The number of carbonyl (C=O) groups is 1. The lowest BCUT2D eigenvalue weighted by Gasteiger charge is -2.17. The number of hydrogen-bond acceptors (Lipinski definition) is 3. The topological polar surface area (TPSA) is 47.6 Å². The molecule has 4 nitrogen and oxygen atoms in total. The van der Waals surface area contributed by atoms with Gasteiger partial charge in [-0.2, -0.15) is 0 Å². The Hall–Kier alpha value is -3.63. The molecule has 0 saturated heterocycles. The zero-order valence-electron chi connectivity index (χ0n) is 16.8. The van der Waals surface area contributed by atoms with Crippen molar-refractivity contribution in [2.45, 2.75) is 6.54 Å². The van der Waals surface area contributed by atoms with Crippen LogP contribution in [0.1, 0.15) is 15.9 Å². The summed E-state index contributed by atoms with van der Waals surface area (Å²) in [6.45, 7) is 0.601. The van der Waals surface area contributed by atoms with Crippen molar-refractivity contribution < 1.29 is 14.3 Å². The third-order valence-corrected chi connectivity index (χ3v) is 4.96. The average Bonchev–Trinajstić information content (AvgIpc) is 2.81. The fourth-order valence-corrected chi connectivity index (χ4v) is 3.54. The Labute approximate surface area is 176 Å². The Morgan fingerprint density at radius 2 is 1.57 bits per heavy atom. The highest BCUT2D eigenvalue weighted by molar-refractivity contribution is 6.07. The van der Waals surface area contributed by atoms with E-state index in [1.54, 1.807) is 7.11 Å². The van der Waals surface area contributed by atoms with Gasteiger partial charge in [0.05, 0.1) is 0 Å². The van der Waals surface area contributed by atoms with Gasteiger partial charge in [0.2, 0.25) is 0 Å². The van der Waals surface area contributed by atoms with Crippen molar-refractivity contribution in [2.24, 2.45) is 0 Å². The van der Waals surface area contributed by atoms with E-state index < -0.39 is 0 Å². The predicted molar refractivity (Wildman–Crippen MR) is 120 cm³/mol. The fourth-order valence-electron chi connectivity index (χ4n) is 3.54. The summed E-state index contributed by atoms with van der Waals surface area (Å²) in [6, 6.07) is 29.5. The van der Waals surface area contributed by atoms with E-state index in [9.17, 15) is 4.79 Å². The van der Waals surface area contributed by atoms with Crippen LogP contribution in [-0.4, -0.2) is 19.8 Å². The van der Waals surface area contributed by atoms with Gasteiger partial charge in [-0.05, 0) is 34.0 Å². The maximum atomic E-state index is 13.1. The highest BCUT2D eigenvalue weighted by Gasteiger charge is 2.18. The van der Waals surface area contributed by atoms with Crippen molar-refractivity contribution in [2.75, 3.05) is 13.9 Å². The predicted octanol–water partition coefficient (Wildman–Crippen LogP) is 5.42. The van der Waals surface area contributed by atoms with Crippen molar-refractivity contribution in [3.05, 3.63) is 102 Å². The van der Waals surface area contributed by atoms with E-state index in [1.807, 2.05) is 84.9 Å². The van der Waals surface area contributed by atoms with Gasteiger partial charge in [-0.1, -0.05) is 78.9 Å². The zero-order chi connectivity index (χ0) is 20.8. The van der Waals surface area contributed by atoms with E-state index in [1.165, 1.54) is 0 Å². The summed E-state index contributed by atoms with van der Waals surface area (Å²) in [6.07, 6.45) is 0. The first-order valence-corrected chi connectivity index (χ1v) is 9.83. The molecule has 4 aromatic rings. The van der Waals surface area contributed by atoms with E-state index in [0.29, 0.717) is 17.9 Å². The molecule has 1 N–H and O–H groups in total. The molecule has 0 atom stereocenters. The van der Waals surface area contributed by atoms with E-state index in [-0.39, 0.29) is 12.7 Å². The second-order valence-corrected chi connectivity index (χ2v) is 6.92. The first-order chi connectivity index (χ1) is 14.8. The molecule has 150 valence electrons. The zero-order valence-corrected chi connectivity index (χ0v) is 16.8. The number of nitrogens with one attached hydrogen (secondary N) is 1. The Bertz CT molecular complexity index is 1160. The molecule has 4 aromatic carbocycles. The number of hydrogen-bond donors (Lipinski definition) is 1. The molecule has 0 bridgehead atoms. The van der Waals surface area contributed by atoms with Crippen LogP contribution in [0.25, 0.3) is 21.9 Å². The molecule has 0 fully saturated rings. The molecule has 4 heteroatoms. The monoisotopic (exact) mass is 397 g/mol. The summed E-state index contributed by atoms with van der Waals surface area (Å²) in [5.74, 6) is 0.555. The second-order valence-electron chi connectivity index (χ2n) is 6.92. The summed E-state index contributed by atoms with van der Waals surface area (Å²) in [5.41, 5.74) is 3.37. The van der Waals surface area contributed by atoms with Crippen LogP contribution < -0.4 is 10.1 Å². The van der Waals surface area contributed by atoms with Crippen molar-refractivity contribution in [3.8, 4) is 16.9 Å². The second kappa shape index (κ2) is 9.25. The van der Waals surface area contributed by atoms with Gasteiger partial charge in [0.25, 0.3) is 5.91 Å². The lowest BCUT2D eigenvalue weighted by molar-refractivity contribution is 0.0516. The molecule has 0 spiro atoms. The highest BCUT2D eigenvalue weighted by Crippen LogP contribution is 2.38. The normalized spacial score (nSPS) is 10.7. The van der Waals surface area contributed by atoms with Gasteiger partial charge in [-0.3, -0.25) is 4.79 Å². The number of rotatable bonds is 7. The molecule has 1 amide bonds. The standard InChI is InChI=1S/C26H23NO3/c1-29-18-30-24-16-15-20-11-5-6-12-21(20)25(24)22-13-7-8-14-23(22)26(28)27-17-19-9-3-2-4-10-19/h2-16H,17-18H2,1H3,(H,27,28). The van der Waals surface area contributed by atoms with Crippen LogP contribution >= 0.6 is 0 Å². The molecule has 0 aliphatic heterocycles. The maximum Gasteiger partial charge on any atom is 0.252 e. The van der Waals surface area contributed by atoms with Gasteiger partial charge in [-0.15, -0.1) is 0 Å². The average molecular weight is 397 g/mol. The summed E-state index contributed by atoms with van der Waals surface area (Å²) in [7, 11) is 1.59. The van der Waals surface area contributed by atoms with Crippen LogP contribution in [0.3, 0.4) is 0 Å². The molecule has 4 rings (SSSR count). The molecule has 0 aliphatic rings. The van der Waals surface area contributed by atoms with Crippen molar-refractivity contribution in [1.82, 2.24) is 5.32 Å². The quantitative estimate of drug-likeness (QED) is 0.424. The lowest BCUT2D eigenvalue weighted by Crippen LogP contribution is -2.23. The molecular formula is C26H23NO3. The van der Waals surface area contributed by atoms with Crippen molar-refractivity contribution >= 4 is 16.7 Å². The number of methoxy groups -OCH3 is 1. The van der Waals surface area contributed by atoms with Crippen LogP contribution in [0.5, 0.6) is 5.75 Å². The fraction of sp³-hybridized carbons (Fsp3) is 0.115. The van der Waals surface area contributed by atoms with Crippen LogP contribution in [0, 0.1) is 0 Å². The molecule has 30 heavy (non-hydrogen) atoms. The summed E-state index contributed by atoms with van der Waals surface area (Å²) >= 11 is 0. The third-order valence-electron chi connectivity index (χ3n) is 4.96. The minimum Gasteiger partial charge on any atom is -0.467 e. The van der Waals surface area contributed by atoms with E-state index in [4.69, 9.17) is 9.47 Å². The number of amides is 1. The SMILES string of the molecule is COCOc1ccc2ccccc2c1-c1ccccc1C(=O)NCc1ccccc1. The van der Waals surface area contributed by atoms with Gasteiger partial charge in [-0.25, -0.2) is 0 Å². The van der Waals surface area contributed by atoms with Crippen LogP contribution in [-0.2, 0) is 11.3 Å². The number of carbonyl (C=O) groups excluding carboxylic acids is 1. The Kier molecular flexibility index (Phi) is 6.06. The van der Waals surface area contributed by atoms with Crippen LogP contribution in [0.4, 0.5) is 0 Å². The first-order valence-electron chi connectivity index (χ1n) is 9.83. The largest absolute Gasteiger partial charge is 0.467 e.